The van der Waals surface area contributed by atoms with Gasteiger partial charge >= 0.3 is 0 Å². The van der Waals surface area contributed by atoms with Crippen molar-refractivity contribution < 1.29 is 0 Å². The van der Waals surface area contributed by atoms with Gasteiger partial charge in [0.15, 0.2) is 0 Å². The second-order valence-electron chi connectivity index (χ2n) is 6.97. The Morgan fingerprint density at radius 1 is 1.07 bits per heavy atom. The van der Waals surface area contributed by atoms with E-state index in [9.17, 15) is 0 Å². The highest BCUT2D eigenvalue weighted by Gasteiger charge is 2.16. The lowest BCUT2D eigenvalue weighted by molar-refractivity contribution is 0.525. The SMILES string of the molecule is CSc1ccc(C2=CCNC(CCSCc3c[nH]c4ccccc34)C2)cc1. The molecule has 2 heterocycles. The molecule has 0 aliphatic carbocycles. The van der Waals surface area contributed by atoms with Crippen molar-refractivity contribution in [2.45, 2.75) is 29.5 Å². The van der Waals surface area contributed by atoms with Crippen LogP contribution in [0.4, 0.5) is 0 Å². The van der Waals surface area contributed by atoms with E-state index in [-0.39, 0.29) is 0 Å². The molecule has 0 saturated heterocycles. The molecule has 1 aromatic heterocycles. The molecule has 27 heavy (non-hydrogen) atoms. The molecule has 0 spiro atoms. The van der Waals surface area contributed by atoms with E-state index in [0.717, 1.165) is 18.7 Å². The van der Waals surface area contributed by atoms with Gasteiger partial charge in [-0.3, -0.25) is 0 Å². The van der Waals surface area contributed by atoms with Gasteiger partial charge in [0, 0.05) is 40.3 Å². The van der Waals surface area contributed by atoms with Crippen molar-refractivity contribution in [1.82, 2.24) is 10.3 Å². The van der Waals surface area contributed by atoms with Crippen LogP contribution < -0.4 is 5.32 Å². The average molecular weight is 395 g/mol. The Balaban J connectivity index is 1.27. The molecule has 0 fully saturated rings. The molecule has 0 amide bonds. The molecule has 1 atom stereocenters. The van der Waals surface area contributed by atoms with Crippen LogP contribution in [0.25, 0.3) is 16.5 Å². The lowest BCUT2D eigenvalue weighted by Gasteiger charge is -2.24. The molecule has 3 aromatic rings. The average Bonchev–Trinajstić information content (AvgIpc) is 3.15. The molecule has 0 saturated carbocycles. The number of hydrogen-bond donors (Lipinski definition) is 2. The Kier molecular flexibility index (Phi) is 6.28. The molecule has 1 unspecified atom stereocenters. The fourth-order valence-corrected chi connectivity index (χ4v) is 5.14. The minimum Gasteiger partial charge on any atom is -0.361 e. The standard InChI is InChI=1S/C23H26N2S2/c1-26-21-8-6-17(7-9-21)18-10-12-24-20(14-18)11-13-27-16-19-15-25-23-5-3-2-4-22(19)23/h2-10,15,20,24-25H,11-14,16H2,1H3. The lowest BCUT2D eigenvalue weighted by Crippen LogP contribution is -2.33. The van der Waals surface area contributed by atoms with Gasteiger partial charge in [0.05, 0.1) is 0 Å². The summed E-state index contributed by atoms with van der Waals surface area (Å²) < 4.78 is 0. The Labute approximate surface area is 170 Å². The summed E-state index contributed by atoms with van der Waals surface area (Å²) in [6, 6.07) is 18.2. The number of H-pyrrole nitrogens is 1. The van der Waals surface area contributed by atoms with Crippen LogP contribution in [0.3, 0.4) is 0 Å². The fourth-order valence-electron chi connectivity index (χ4n) is 3.67. The highest BCUT2D eigenvalue weighted by molar-refractivity contribution is 7.98. The van der Waals surface area contributed by atoms with Crippen LogP contribution in [-0.4, -0.2) is 29.6 Å². The summed E-state index contributed by atoms with van der Waals surface area (Å²) in [5, 5.41) is 5.03. The van der Waals surface area contributed by atoms with Crippen molar-refractivity contribution in [2.24, 2.45) is 0 Å². The van der Waals surface area contributed by atoms with Gasteiger partial charge < -0.3 is 10.3 Å². The van der Waals surface area contributed by atoms with Gasteiger partial charge in [0.2, 0.25) is 0 Å². The normalized spacial score (nSPS) is 17.2. The number of nitrogens with one attached hydrogen (secondary N) is 2. The van der Waals surface area contributed by atoms with E-state index in [1.165, 1.54) is 44.7 Å². The third-order valence-corrected chi connectivity index (χ3v) is 7.01. The summed E-state index contributed by atoms with van der Waals surface area (Å²) in [6.07, 6.45) is 8.99. The number of hydrogen-bond acceptors (Lipinski definition) is 3. The maximum atomic E-state index is 3.66. The first-order valence-corrected chi connectivity index (χ1v) is 11.9. The number of aromatic nitrogens is 1. The fraction of sp³-hybridized carbons (Fsp3) is 0.304. The minimum absolute atomic E-state index is 0.584. The molecule has 2 N–H and O–H groups in total. The monoisotopic (exact) mass is 394 g/mol. The van der Waals surface area contributed by atoms with Crippen LogP contribution >= 0.6 is 23.5 Å². The zero-order valence-electron chi connectivity index (χ0n) is 15.7. The summed E-state index contributed by atoms with van der Waals surface area (Å²) in [7, 11) is 0. The number of thioether (sulfide) groups is 2. The van der Waals surface area contributed by atoms with Crippen molar-refractivity contribution >= 4 is 40.0 Å². The smallest absolute Gasteiger partial charge is 0.0457 e. The molecule has 2 aromatic carbocycles. The van der Waals surface area contributed by atoms with E-state index in [1.54, 1.807) is 11.8 Å². The minimum atomic E-state index is 0.584. The molecule has 4 rings (SSSR count). The largest absolute Gasteiger partial charge is 0.361 e. The van der Waals surface area contributed by atoms with E-state index >= 15 is 0 Å². The molecule has 4 heteroatoms. The summed E-state index contributed by atoms with van der Waals surface area (Å²) in [5.41, 5.74) is 5.53. The lowest BCUT2D eigenvalue weighted by atomic mass is 9.94. The quantitative estimate of drug-likeness (QED) is 0.382. The van der Waals surface area contributed by atoms with Gasteiger partial charge in [-0.25, -0.2) is 0 Å². The first-order valence-electron chi connectivity index (χ1n) is 9.53. The van der Waals surface area contributed by atoms with Gasteiger partial charge in [0.25, 0.3) is 0 Å². The van der Waals surface area contributed by atoms with Gasteiger partial charge in [-0.15, -0.1) is 11.8 Å². The Morgan fingerprint density at radius 3 is 2.78 bits per heavy atom. The number of rotatable bonds is 7. The van der Waals surface area contributed by atoms with Crippen LogP contribution in [0.5, 0.6) is 0 Å². The Morgan fingerprint density at radius 2 is 1.93 bits per heavy atom. The second-order valence-corrected chi connectivity index (χ2v) is 8.95. The van der Waals surface area contributed by atoms with Crippen LogP contribution in [0.15, 0.2) is 65.7 Å². The molecule has 1 aliphatic rings. The van der Waals surface area contributed by atoms with Crippen LogP contribution in [0.2, 0.25) is 0 Å². The zero-order chi connectivity index (χ0) is 18.5. The number of fused-ring (bicyclic) bond motifs is 1. The Hall–Kier alpha value is -1.62. The molecular formula is C23H26N2S2. The third kappa shape index (κ3) is 4.63. The maximum absolute atomic E-state index is 3.66. The Bertz CT molecular complexity index is 912. The summed E-state index contributed by atoms with van der Waals surface area (Å²) >= 11 is 3.84. The van der Waals surface area contributed by atoms with Crippen molar-refractivity contribution in [3.63, 3.8) is 0 Å². The second kappa shape index (κ2) is 9.05. The van der Waals surface area contributed by atoms with E-state index in [1.807, 2.05) is 11.8 Å². The summed E-state index contributed by atoms with van der Waals surface area (Å²) in [5.74, 6) is 2.27. The van der Waals surface area contributed by atoms with Crippen LogP contribution in [0.1, 0.15) is 24.0 Å². The third-order valence-electron chi connectivity index (χ3n) is 5.23. The molecule has 0 bridgehead atoms. The zero-order valence-corrected chi connectivity index (χ0v) is 17.3. The summed E-state index contributed by atoms with van der Waals surface area (Å²) in [4.78, 5) is 4.71. The van der Waals surface area contributed by atoms with Gasteiger partial charge in [-0.1, -0.05) is 36.4 Å². The van der Waals surface area contributed by atoms with E-state index in [4.69, 9.17) is 0 Å². The maximum Gasteiger partial charge on any atom is 0.0457 e. The topological polar surface area (TPSA) is 27.8 Å². The highest BCUT2D eigenvalue weighted by atomic mass is 32.2. The van der Waals surface area contributed by atoms with Crippen molar-refractivity contribution in [2.75, 3.05) is 18.6 Å². The first kappa shape index (κ1) is 18.7. The van der Waals surface area contributed by atoms with Crippen molar-refractivity contribution in [3.05, 3.63) is 71.9 Å². The molecule has 2 nitrogen and oxygen atoms in total. The van der Waals surface area contributed by atoms with E-state index in [0.29, 0.717) is 6.04 Å². The van der Waals surface area contributed by atoms with Gasteiger partial charge in [-0.05, 0) is 59.7 Å². The van der Waals surface area contributed by atoms with E-state index < -0.39 is 0 Å². The van der Waals surface area contributed by atoms with Gasteiger partial charge in [0.1, 0.15) is 0 Å². The van der Waals surface area contributed by atoms with Gasteiger partial charge in [-0.2, -0.15) is 11.8 Å². The molecule has 1 aliphatic heterocycles. The highest BCUT2D eigenvalue weighted by Crippen LogP contribution is 2.27. The molecule has 0 radical (unpaired) electrons. The number of benzene rings is 2. The van der Waals surface area contributed by atoms with Crippen LogP contribution in [-0.2, 0) is 5.75 Å². The number of aromatic amines is 1. The van der Waals surface area contributed by atoms with Crippen LogP contribution in [0, 0.1) is 0 Å². The van der Waals surface area contributed by atoms with E-state index in [2.05, 4.69) is 77.4 Å². The predicted octanol–water partition coefficient (Wildman–Crippen LogP) is 5.96. The molecular weight excluding hydrogens is 368 g/mol. The predicted molar refractivity (Wildman–Crippen MR) is 122 cm³/mol. The van der Waals surface area contributed by atoms with Crippen molar-refractivity contribution in [1.29, 1.82) is 0 Å². The summed E-state index contributed by atoms with van der Waals surface area (Å²) in [6.45, 7) is 0.984. The first-order chi connectivity index (χ1) is 13.3. The van der Waals surface area contributed by atoms with Crippen molar-refractivity contribution in [3.8, 4) is 0 Å². The molecule has 140 valence electrons. The number of para-hydroxylation sites is 1.